The third kappa shape index (κ3) is 3.70. The standard InChI is InChI=1S/C19H18ClN3O3/c1-11(2)19(25)26-9-3-4-12-5-8-16(24)13(10-12)17-14(20)6-7-15-18(17)22-23-21-15/h5-8,10,24H,1,3-4,9H2,2H3,(H,21,22,23). The zero-order chi connectivity index (χ0) is 18.7. The monoisotopic (exact) mass is 371 g/mol. The molecule has 0 saturated carbocycles. The second-order valence-corrected chi connectivity index (χ2v) is 6.39. The number of H-pyrrole nitrogens is 1. The fourth-order valence-corrected chi connectivity index (χ4v) is 2.90. The first-order valence-corrected chi connectivity index (χ1v) is 8.49. The van der Waals surface area contributed by atoms with Crippen LogP contribution in [0.25, 0.3) is 22.2 Å². The molecule has 7 heteroatoms. The minimum atomic E-state index is -0.388. The highest BCUT2D eigenvalue weighted by molar-refractivity contribution is 6.35. The fraction of sp³-hybridized carbons (Fsp3) is 0.211. The molecule has 0 saturated heterocycles. The number of rotatable bonds is 6. The molecule has 1 aromatic heterocycles. The van der Waals surface area contributed by atoms with Gasteiger partial charge >= 0.3 is 5.97 Å². The lowest BCUT2D eigenvalue weighted by Gasteiger charge is -2.10. The lowest BCUT2D eigenvalue weighted by Crippen LogP contribution is -2.06. The summed E-state index contributed by atoms with van der Waals surface area (Å²) in [4.78, 5) is 11.4. The van der Waals surface area contributed by atoms with Crippen LogP contribution >= 0.6 is 11.6 Å². The second kappa shape index (κ2) is 7.58. The molecule has 1 heterocycles. The summed E-state index contributed by atoms with van der Waals surface area (Å²) in [6.45, 7) is 5.47. The van der Waals surface area contributed by atoms with Crippen LogP contribution in [0.5, 0.6) is 5.75 Å². The maximum atomic E-state index is 11.4. The fourth-order valence-electron chi connectivity index (χ4n) is 2.65. The zero-order valence-electron chi connectivity index (χ0n) is 14.3. The summed E-state index contributed by atoms with van der Waals surface area (Å²) in [5, 5.41) is 21.6. The van der Waals surface area contributed by atoms with E-state index in [1.165, 1.54) is 0 Å². The number of esters is 1. The van der Waals surface area contributed by atoms with E-state index in [2.05, 4.69) is 22.0 Å². The number of nitrogens with zero attached hydrogens (tertiary/aromatic N) is 2. The Balaban J connectivity index is 1.82. The van der Waals surface area contributed by atoms with E-state index >= 15 is 0 Å². The van der Waals surface area contributed by atoms with Crippen molar-refractivity contribution in [3.63, 3.8) is 0 Å². The van der Waals surface area contributed by atoms with Crippen LogP contribution in [0.2, 0.25) is 5.02 Å². The average molecular weight is 372 g/mol. The topological polar surface area (TPSA) is 88.1 Å². The summed E-state index contributed by atoms with van der Waals surface area (Å²) in [6, 6.07) is 8.81. The Morgan fingerprint density at radius 3 is 2.88 bits per heavy atom. The van der Waals surface area contributed by atoms with E-state index in [1.54, 1.807) is 25.1 Å². The van der Waals surface area contributed by atoms with Crippen molar-refractivity contribution in [2.45, 2.75) is 19.8 Å². The number of phenols is 1. The van der Waals surface area contributed by atoms with Crippen LogP contribution in [0, 0.1) is 0 Å². The number of nitrogens with one attached hydrogen (secondary N) is 1. The van der Waals surface area contributed by atoms with Crippen molar-refractivity contribution in [3.05, 3.63) is 53.1 Å². The van der Waals surface area contributed by atoms with Gasteiger partial charge in [0.2, 0.25) is 0 Å². The molecule has 2 aromatic carbocycles. The van der Waals surface area contributed by atoms with Crippen molar-refractivity contribution < 1.29 is 14.6 Å². The molecule has 2 N–H and O–H groups in total. The minimum Gasteiger partial charge on any atom is -0.507 e. The average Bonchev–Trinajstić information content (AvgIpc) is 3.08. The highest BCUT2D eigenvalue weighted by Crippen LogP contribution is 2.38. The first-order chi connectivity index (χ1) is 12.5. The highest BCUT2D eigenvalue weighted by Gasteiger charge is 2.16. The number of carbonyl (C=O) groups excluding carboxylic acids is 1. The number of aryl methyl sites for hydroxylation is 1. The van der Waals surface area contributed by atoms with E-state index in [0.29, 0.717) is 52.2 Å². The van der Waals surface area contributed by atoms with Crippen LogP contribution in [0.15, 0.2) is 42.5 Å². The van der Waals surface area contributed by atoms with Crippen molar-refractivity contribution in [3.8, 4) is 16.9 Å². The number of carbonyl (C=O) groups is 1. The Hall–Kier alpha value is -2.86. The molecular weight excluding hydrogens is 354 g/mol. The summed E-state index contributed by atoms with van der Waals surface area (Å²) in [6.07, 6.45) is 1.34. The number of aromatic nitrogens is 3. The number of phenolic OH excluding ortho intramolecular Hbond substituents is 1. The molecule has 0 bridgehead atoms. The van der Waals surface area contributed by atoms with E-state index in [4.69, 9.17) is 16.3 Å². The van der Waals surface area contributed by atoms with Crippen molar-refractivity contribution in [2.24, 2.45) is 0 Å². The third-order valence-corrected chi connectivity index (χ3v) is 4.27. The largest absolute Gasteiger partial charge is 0.507 e. The summed E-state index contributed by atoms with van der Waals surface area (Å²) in [7, 11) is 0. The van der Waals surface area contributed by atoms with E-state index < -0.39 is 0 Å². The molecule has 134 valence electrons. The smallest absolute Gasteiger partial charge is 0.333 e. The Kier molecular flexibility index (Phi) is 5.23. The molecule has 0 unspecified atom stereocenters. The molecule has 0 atom stereocenters. The van der Waals surface area contributed by atoms with Gasteiger partial charge in [-0.1, -0.05) is 24.2 Å². The number of hydrogen-bond donors (Lipinski definition) is 2. The van der Waals surface area contributed by atoms with Gasteiger partial charge < -0.3 is 9.84 Å². The lowest BCUT2D eigenvalue weighted by molar-refractivity contribution is -0.139. The summed E-state index contributed by atoms with van der Waals surface area (Å²) >= 11 is 6.35. The van der Waals surface area contributed by atoms with E-state index in [-0.39, 0.29) is 11.7 Å². The van der Waals surface area contributed by atoms with Gasteiger partial charge in [-0.15, -0.1) is 0 Å². The molecule has 0 aliphatic rings. The van der Waals surface area contributed by atoms with Gasteiger partial charge in [-0.25, -0.2) is 4.79 Å². The number of hydrogen-bond acceptors (Lipinski definition) is 5. The van der Waals surface area contributed by atoms with Gasteiger partial charge in [0.1, 0.15) is 16.8 Å². The molecule has 3 aromatic rings. The molecule has 26 heavy (non-hydrogen) atoms. The van der Waals surface area contributed by atoms with Gasteiger partial charge in [0.25, 0.3) is 0 Å². The van der Waals surface area contributed by atoms with Crippen LogP contribution in [0.1, 0.15) is 18.9 Å². The van der Waals surface area contributed by atoms with Crippen molar-refractivity contribution in [2.75, 3.05) is 6.61 Å². The van der Waals surface area contributed by atoms with E-state index in [0.717, 1.165) is 5.56 Å². The van der Waals surface area contributed by atoms with Crippen molar-refractivity contribution >= 4 is 28.6 Å². The van der Waals surface area contributed by atoms with Crippen molar-refractivity contribution in [1.82, 2.24) is 15.4 Å². The van der Waals surface area contributed by atoms with Crippen LogP contribution in [-0.2, 0) is 16.0 Å². The van der Waals surface area contributed by atoms with Gasteiger partial charge in [0.15, 0.2) is 0 Å². The van der Waals surface area contributed by atoms with E-state index in [1.807, 2.05) is 12.1 Å². The third-order valence-electron chi connectivity index (χ3n) is 3.96. The maximum absolute atomic E-state index is 11.4. The van der Waals surface area contributed by atoms with Gasteiger partial charge in [-0.2, -0.15) is 15.4 Å². The Labute approximate surface area is 155 Å². The predicted molar refractivity (Wildman–Crippen MR) is 100 cm³/mol. The zero-order valence-corrected chi connectivity index (χ0v) is 15.0. The maximum Gasteiger partial charge on any atom is 0.333 e. The number of fused-ring (bicyclic) bond motifs is 1. The Morgan fingerprint density at radius 1 is 1.31 bits per heavy atom. The van der Waals surface area contributed by atoms with Crippen molar-refractivity contribution in [1.29, 1.82) is 0 Å². The SMILES string of the molecule is C=C(C)C(=O)OCCCc1ccc(O)c(-c2c(Cl)ccc3n[nH]nc23)c1. The molecule has 0 amide bonds. The predicted octanol–water partition coefficient (Wildman–Crippen LogP) is 4.04. The summed E-state index contributed by atoms with van der Waals surface area (Å²) < 4.78 is 5.10. The quantitative estimate of drug-likeness (QED) is 0.388. The number of halogens is 1. The number of ether oxygens (including phenoxy) is 1. The van der Waals surface area contributed by atoms with Gasteiger partial charge in [0.05, 0.1) is 11.6 Å². The minimum absolute atomic E-state index is 0.111. The Morgan fingerprint density at radius 2 is 2.12 bits per heavy atom. The molecule has 6 nitrogen and oxygen atoms in total. The van der Waals surface area contributed by atoms with Gasteiger partial charge in [0, 0.05) is 16.7 Å². The second-order valence-electron chi connectivity index (χ2n) is 5.99. The van der Waals surface area contributed by atoms with E-state index in [9.17, 15) is 9.90 Å². The molecule has 0 spiro atoms. The summed E-state index contributed by atoms with van der Waals surface area (Å²) in [5.74, 6) is -0.277. The normalized spacial score (nSPS) is 10.8. The highest BCUT2D eigenvalue weighted by atomic mass is 35.5. The molecule has 3 rings (SSSR count). The number of aromatic hydroxyl groups is 1. The van der Waals surface area contributed by atoms with Crippen LogP contribution in [-0.4, -0.2) is 33.1 Å². The molecule has 0 aliphatic heterocycles. The number of aromatic amines is 1. The van der Waals surface area contributed by atoms with Crippen LogP contribution < -0.4 is 0 Å². The number of benzene rings is 2. The molecule has 0 fully saturated rings. The Bertz CT molecular complexity index is 981. The van der Waals surface area contributed by atoms with Gasteiger partial charge in [-0.05, 0) is 49.6 Å². The molecular formula is C19H18ClN3O3. The van der Waals surface area contributed by atoms with Crippen LogP contribution in [0.3, 0.4) is 0 Å². The molecule has 0 aliphatic carbocycles. The first-order valence-electron chi connectivity index (χ1n) is 8.11. The lowest BCUT2D eigenvalue weighted by atomic mass is 9.98. The summed E-state index contributed by atoms with van der Waals surface area (Å²) in [5.41, 5.74) is 3.85. The van der Waals surface area contributed by atoms with Crippen LogP contribution in [0.4, 0.5) is 0 Å². The molecule has 0 radical (unpaired) electrons. The van der Waals surface area contributed by atoms with Gasteiger partial charge in [-0.3, -0.25) is 0 Å². The first kappa shape index (κ1) is 17.9.